The molecule has 1 aromatic carbocycles. The maximum absolute atomic E-state index is 13.5. The summed E-state index contributed by atoms with van der Waals surface area (Å²) in [6.07, 6.45) is 4.13. The molecule has 2 aromatic heterocycles. The summed E-state index contributed by atoms with van der Waals surface area (Å²) in [7, 11) is 1.87. The van der Waals surface area contributed by atoms with E-state index in [4.69, 9.17) is 19.2 Å². The van der Waals surface area contributed by atoms with E-state index in [1.807, 2.05) is 31.3 Å². The number of nitrogens with one attached hydrogen (secondary N) is 1. The Balaban J connectivity index is 1.63. The van der Waals surface area contributed by atoms with Crippen LogP contribution in [-0.4, -0.2) is 41.0 Å². The number of likely N-dealkylation sites (N-methyl/N-ethyl adjacent to an activating group) is 1. The minimum atomic E-state index is -1.86. The first-order valence-corrected chi connectivity index (χ1v) is 11.2. The molecule has 9 nitrogen and oxygen atoms in total. The number of esters is 1. The third-order valence-corrected chi connectivity index (χ3v) is 6.83. The van der Waals surface area contributed by atoms with Gasteiger partial charge in [-0.1, -0.05) is 19.1 Å². The lowest BCUT2D eigenvalue weighted by Gasteiger charge is -2.31. The molecule has 34 heavy (non-hydrogen) atoms. The Morgan fingerprint density at radius 3 is 2.74 bits per heavy atom. The van der Waals surface area contributed by atoms with Gasteiger partial charge in [0.2, 0.25) is 6.79 Å². The molecule has 0 bridgehead atoms. The molecule has 9 heteroatoms. The van der Waals surface area contributed by atoms with Crippen LogP contribution in [0.5, 0.6) is 11.5 Å². The number of aliphatic hydroxyl groups is 1. The van der Waals surface area contributed by atoms with Gasteiger partial charge in [-0.2, -0.15) is 0 Å². The molecule has 3 aromatic rings. The van der Waals surface area contributed by atoms with Gasteiger partial charge in [0.15, 0.2) is 17.1 Å². The third-order valence-electron chi connectivity index (χ3n) is 6.83. The smallest absolute Gasteiger partial charge is 0.343 e. The van der Waals surface area contributed by atoms with Crippen molar-refractivity contribution in [1.29, 1.82) is 0 Å². The summed E-state index contributed by atoms with van der Waals surface area (Å²) in [6.45, 7) is 2.69. The van der Waals surface area contributed by atoms with Crippen LogP contribution in [0.4, 0.5) is 0 Å². The second-order valence-electron chi connectivity index (χ2n) is 8.64. The Morgan fingerprint density at radius 1 is 1.18 bits per heavy atom. The molecular weight excluding hydrogens is 438 g/mol. The monoisotopic (exact) mass is 461 g/mol. The van der Waals surface area contributed by atoms with E-state index in [1.165, 1.54) is 0 Å². The number of aromatic nitrogens is 2. The van der Waals surface area contributed by atoms with Crippen molar-refractivity contribution < 1.29 is 24.1 Å². The minimum absolute atomic E-state index is 0.0984. The molecule has 0 aliphatic carbocycles. The Labute approximate surface area is 194 Å². The summed E-state index contributed by atoms with van der Waals surface area (Å²) in [6, 6.07) is 5.48. The van der Waals surface area contributed by atoms with Crippen LogP contribution in [0.3, 0.4) is 0 Å². The van der Waals surface area contributed by atoms with E-state index in [0.29, 0.717) is 52.6 Å². The first-order valence-electron chi connectivity index (χ1n) is 11.2. The highest BCUT2D eigenvalue weighted by Gasteiger charge is 2.45. The fraction of sp³-hybridized carbons (Fsp3) is 0.320. The van der Waals surface area contributed by atoms with Crippen LogP contribution < -0.4 is 20.3 Å². The molecule has 0 radical (unpaired) electrons. The Bertz CT molecular complexity index is 1470. The van der Waals surface area contributed by atoms with Crippen LogP contribution in [0.15, 0.2) is 29.1 Å². The molecule has 0 saturated heterocycles. The lowest BCUT2D eigenvalue weighted by Crippen LogP contribution is -2.44. The first-order chi connectivity index (χ1) is 16.5. The van der Waals surface area contributed by atoms with Crippen molar-refractivity contribution in [2.75, 3.05) is 20.4 Å². The van der Waals surface area contributed by atoms with Gasteiger partial charge >= 0.3 is 5.97 Å². The van der Waals surface area contributed by atoms with Gasteiger partial charge in [0, 0.05) is 29.1 Å². The fourth-order valence-electron chi connectivity index (χ4n) is 4.99. The van der Waals surface area contributed by atoms with Crippen molar-refractivity contribution in [1.82, 2.24) is 14.9 Å². The van der Waals surface area contributed by atoms with Gasteiger partial charge < -0.3 is 29.2 Å². The molecule has 2 N–H and O–H groups in total. The van der Waals surface area contributed by atoms with E-state index in [1.54, 1.807) is 17.6 Å². The fourth-order valence-corrected chi connectivity index (χ4v) is 4.99. The molecule has 3 aliphatic rings. The standard InChI is InChI=1S/C25H23N3O6/c1-3-25(31)17-8-19-22-15(10-28(19)23(29)16(17)11-32-24(25)30)13(5-4-6-26-2)14-7-20-21(34-12-33-20)9-18(14)27-22/h4-5,7-9,26,31H,3,6,10-12H2,1-2H3/b5-4+/t25-/m0/s1. The van der Waals surface area contributed by atoms with E-state index in [2.05, 4.69) is 5.32 Å². The van der Waals surface area contributed by atoms with Crippen LogP contribution in [0, 0.1) is 0 Å². The normalized spacial score (nSPS) is 19.9. The van der Waals surface area contributed by atoms with E-state index >= 15 is 0 Å². The minimum Gasteiger partial charge on any atom is -0.458 e. The lowest BCUT2D eigenvalue weighted by molar-refractivity contribution is -0.172. The van der Waals surface area contributed by atoms with Gasteiger partial charge in [0.1, 0.15) is 6.61 Å². The van der Waals surface area contributed by atoms with Gasteiger partial charge in [-0.25, -0.2) is 9.78 Å². The highest BCUT2D eigenvalue weighted by Crippen LogP contribution is 2.43. The van der Waals surface area contributed by atoms with Gasteiger partial charge in [-0.15, -0.1) is 0 Å². The maximum Gasteiger partial charge on any atom is 0.343 e. The highest BCUT2D eigenvalue weighted by atomic mass is 16.7. The van der Waals surface area contributed by atoms with Crippen molar-refractivity contribution in [3.8, 4) is 22.9 Å². The van der Waals surface area contributed by atoms with E-state index in [-0.39, 0.29) is 25.4 Å². The number of rotatable bonds is 4. The summed E-state index contributed by atoms with van der Waals surface area (Å²) in [5.74, 6) is 0.540. The molecule has 0 amide bonds. The van der Waals surface area contributed by atoms with E-state index in [9.17, 15) is 14.7 Å². The van der Waals surface area contributed by atoms with Crippen LogP contribution in [0.25, 0.3) is 28.4 Å². The second-order valence-corrected chi connectivity index (χ2v) is 8.64. The molecule has 3 aliphatic heterocycles. The Kier molecular flexibility index (Phi) is 4.55. The van der Waals surface area contributed by atoms with E-state index < -0.39 is 11.6 Å². The number of hydrogen-bond donors (Lipinski definition) is 2. The Hall–Kier alpha value is -3.69. The van der Waals surface area contributed by atoms with Crippen LogP contribution in [-0.2, 0) is 28.3 Å². The van der Waals surface area contributed by atoms with Crippen molar-refractivity contribution in [2.45, 2.75) is 32.1 Å². The highest BCUT2D eigenvalue weighted by molar-refractivity contribution is 5.95. The van der Waals surface area contributed by atoms with Crippen molar-refractivity contribution in [3.05, 3.63) is 56.9 Å². The van der Waals surface area contributed by atoms with Gasteiger partial charge in [-0.05, 0) is 31.2 Å². The summed E-state index contributed by atoms with van der Waals surface area (Å²) >= 11 is 0. The zero-order valence-electron chi connectivity index (χ0n) is 18.8. The zero-order valence-corrected chi connectivity index (χ0v) is 18.8. The molecule has 0 fully saturated rings. The van der Waals surface area contributed by atoms with Gasteiger partial charge in [-0.3, -0.25) is 4.79 Å². The van der Waals surface area contributed by atoms with Gasteiger partial charge in [0.05, 0.1) is 29.0 Å². The number of pyridine rings is 2. The van der Waals surface area contributed by atoms with Crippen LogP contribution in [0.1, 0.15) is 35.6 Å². The quantitative estimate of drug-likeness (QED) is 0.444. The zero-order chi connectivity index (χ0) is 23.6. The molecule has 0 unspecified atom stereocenters. The van der Waals surface area contributed by atoms with E-state index in [0.717, 1.165) is 16.5 Å². The lowest BCUT2D eigenvalue weighted by atomic mass is 9.86. The summed E-state index contributed by atoms with van der Waals surface area (Å²) < 4.78 is 17.9. The predicted octanol–water partition coefficient (Wildman–Crippen LogP) is 2.04. The number of cyclic esters (lactones) is 1. The largest absolute Gasteiger partial charge is 0.458 e. The molecule has 174 valence electrons. The molecule has 6 rings (SSSR count). The topological polar surface area (TPSA) is 112 Å². The number of carbonyl (C=O) groups is 1. The molecular formula is C25H23N3O6. The number of benzene rings is 1. The third kappa shape index (κ3) is 2.77. The molecule has 5 heterocycles. The summed E-state index contributed by atoms with van der Waals surface area (Å²) in [5.41, 5.74) is 2.22. The first kappa shape index (κ1) is 20.9. The number of hydrogen-bond acceptors (Lipinski definition) is 8. The maximum atomic E-state index is 13.5. The van der Waals surface area contributed by atoms with Crippen molar-refractivity contribution in [3.63, 3.8) is 0 Å². The summed E-state index contributed by atoms with van der Waals surface area (Å²) in [5, 5.41) is 15.1. The molecule has 0 spiro atoms. The predicted molar refractivity (Wildman–Crippen MR) is 124 cm³/mol. The number of carbonyl (C=O) groups excluding carboxylic acids is 1. The number of ether oxygens (including phenoxy) is 3. The average molecular weight is 461 g/mol. The number of fused-ring (bicyclic) bond motifs is 6. The Morgan fingerprint density at radius 2 is 1.97 bits per heavy atom. The van der Waals surface area contributed by atoms with Crippen LogP contribution in [0.2, 0.25) is 0 Å². The second kappa shape index (κ2) is 7.41. The average Bonchev–Trinajstić information content (AvgIpc) is 3.44. The molecule has 0 saturated carbocycles. The SMILES string of the molecule is CC[C@@]1(O)C(=O)OCc2c1cc1n(c2=O)Cc2c-1nc1cc3c(cc1c2/C=C/CNC)OCO3. The molecule has 1 atom stereocenters. The van der Waals surface area contributed by atoms with Gasteiger partial charge in [0.25, 0.3) is 5.56 Å². The van der Waals surface area contributed by atoms with Crippen LogP contribution >= 0.6 is 0 Å². The number of nitrogens with zero attached hydrogens (tertiary/aromatic N) is 2. The summed E-state index contributed by atoms with van der Waals surface area (Å²) in [4.78, 5) is 30.8. The van der Waals surface area contributed by atoms with Crippen molar-refractivity contribution in [2.24, 2.45) is 0 Å². The van der Waals surface area contributed by atoms with Crippen molar-refractivity contribution >= 4 is 22.9 Å².